The molecule has 0 bridgehead atoms. The summed E-state index contributed by atoms with van der Waals surface area (Å²) in [6.07, 6.45) is 1.69. The molecule has 0 aliphatic carbocycles. The van der Waals surface area contributed by atoms with Gasteiger partial charge < -0.3 is 15.2 Å². The first kappa shape index (κ1) is 24.2. The second-order valence-corrected chi connectivity index (χ2v) is 9.26. The molecule has 2 N–H and O–H groups in total. The molecule has 6 nitrogen and oxygen atoms in total. The molecule has 0 spiro atoms. The summed E-state index contributed by atoms with van der Waals surface area (Å²) in [4.78, 5) is 28.3. The van der Waals surface area contributed by atoms with Crippen LogP contribution in [0, 0.1) is 0 Å². The molecule has 4 rings (SSSR count). The van der Waals surface area contributed by atoms with E-state index in [1.807, 2.05) is 0 Å². The van der Waals surface area contributed by atoms with Gasteiger partial charge in [-0.25, -0.2) is 9.79 Å². The van der Waals surface area contributed by atoms with Crippen molar-refractivity contribution >= 4 is 75.4 Å². The number of hydrogen-bond donors (Lipinski definition) is 2. The fraction of sp³-hybridized carbons (Fsp3) is 0.0417. The van der Waals surface area contributed by atoms with E-state index in [9.17, 15) is 9.59 Å². The molecule has 1 heterocycles. The van der Waals surface area contributed by atoms with Gasteiger partial charge in [0.15, 0.2) is 5.17 Å². The zero-order valence-electron chi connectivity index (χ0n) is 17.2. The minimum absolute atomic E-state index is 0.158. The summed E-state index contributed by atoms with van der Waals surface area (Å²) in [6, 6.07) is 16.7. The van der Waals surface area contributed by atoms with Gasteiger partial charge in [-0.1, -0.05) is 59.1 Å². The Morgan fingerprint density at radius 1 is 1.06 bits per heavy atom. The maximum Gasteiger partial charge on any atom is 0.335 e. The van der Waals surface area contributed by atoms with Crippen molar-refractivity contribution in [1.29, 1.82) is 0 Å². The Hall–Kier alpha value is -2.97. The van der Waals surface area contributed by atoms with Crippen LogP contribution in [0.25, 0.3) is 6.08 Å². The van der Waals surface area contributed by atoms with Gasteiger partial charge in [0.2, 0.25) is 0 Å². The summed E-state index contributed by atoms with van der Waals surface area (Å²) in [5, 5.41) is 13.2. The van der Waals surface area contributed by atoms with Crippen LogP contribution in [-0.2, 0) is 11.4 Å². The molecule has 0 atom stereocenters. The number of benzene rings is 3. The minimum atomic E-state index is -1.00. The fourth-order valence-electron chi connectivity index (χ4n) is 3.00. The van der Waals surface area contributed by atoms with Crippen LogP contribution in [0.2, 0.25) is 15.1 Å². The molecule has 3 aromatic carbocycles. The average Bonchev–Trinajstić information content (AvgIpc) is 3.15. The maximum atomic E-state index is 12.4. The number of carbonyl (C=O) groups excluding carboxylic acids is 1. The maximum absolute atomic E-state index is 12.4. The van der Waals surface area contributed by atoms with E-state index in [2.05, 4.69) is 10.3 Å². The minimum Gasteiger partial charge on any atom is -0.487 e. The van der Waals surface area contributed by atoms with Crippen LogP contribution in [-0.4, -0.2) is 22.2 Å². The summed E-state index contributed by atoms with van der Waals surface area (Å²) < 4.78 is 5.74. The highest BCUT2D eigenvalue weighted by Gasteiger charge is 2.24. The number of aromatic carboxylic acids is 1. The zero-order chi connectivity index (χ0) is 24.2. The molecule has 172 valence electrons. The third-order valence-electron chi connectivity index (χ3n) is 4.63. The average molecular weight is 534 g/mol. The van der Waals surface area contributed by atoms with Crippen LogP contribution >= 0.6 is 46.6 Å². The number of hydrogen-bond acceptors (Lipinski definition) is 5. The highest BCUT2D eigenvalue weighted by atomic mass is 35.5. The lowest BCUT2D eigenvalue weighted by Crippen LogP contribution is -2.19. The fourth-order valence-corrected chi connectivity index (χ4v) is 4.42. The molecule has 0 aromatic heterocycles. The molecule has 0 saturated carbocycles. The van der Waals surface area contributed by atoms with Gasteiger partial charge in [0.1, 0.15) is 12.4 Å². The predicted octanol–water partition coefficient (Wildman–Crippen LogP) is 6.82. The largest absolute Gasteiger partial charge is 0.487 e. The third-order valence-corrected chi connectivity index (χ3v) is 6.64. The quantitative estimate of drug-likeness (QED) is 0.340. The smallest absolute Gasteiger partial charge is 0.335 e. The first-order valence-electron chi connectivity index (χ1n) is 9.78. The molecule has 1 aliphatic heterocycles. The van der Waals surface area contributed by atoms with Crippen molar-refractivity contribution in [3.63, 3.8) is 0 Å². The first-order chi connectivity index (χ1) is 16.3. The van der Waals surface area contributed by atoms with E-state index in [0.717, 1.165) is 0 Å². The predicted molar refractivity (Wildman–Crippen MR) is 136 cm³/mol. The van der Waals surface area contributed by atoms with Gasteiger partial charge in [-0.05, 0) is 65.4 Å². The lowest BCUT2D eigenvalue weighted by atomic mass is 10.1. The monoisotopic (exact) mass is 532 g/mol. The van der Waals surface area contributed by atoms with Crippen LogP contribution in [0.4, 0.5) is 5.69 Å². The van der Waals surface area contributed by atoms with Gasteiger partial charge in [-0.15, -0.1) is 0 Å². The standard InChI is InChI=1S/C24H15Cl3N2O4S/c25-16-5-2-6-18(21(16)27)28-24-29-22(30)20(34-24)11-13-7-8-19(17(26)10-13)33-12-14-3-1-4-15(9-14)23(31)32/h1-11H,12H2,(H,31,32)(H,28,29,30)/b20-11+. The Morgan fingerprint density at radius 3 is 2.62 bits per heavy atom. The van der Waals surface area contributed by atoms with E-state index in [0.29, 0.717) is 47.7 Å². The number of nitrogens with one attached hydrogen (secondary N) is 1. The summed E-state index contributed by atoms with van der Waals surface area (Å²) in [6.45, 7) is 0.158. The molecule has 1 saturated heterocycles. The van der Waals surface area contributed by atoms with E-state index in [1.165, 1.54) is 17.8 Å². The van der Waals surface area contributed by atoms with Crippen LogP contribution < -0.4 is 10.1 Å². The Morgan fingerprint density at radius 2 is 1.85 bits per heavy atom. The van der Waals surface area contributed by atoms with Crippen molar-refractivity contribution in [2.45, 2.75) is 6.61 Å². The van der Waals surface area contributed by atoms with Crippen LogP contribution in [0.5, 0.6) is 5.75 Å². The highest BCUT2D eigenvalue weighted by Crippen LogP contribution is 2.35. The van der Waals surface area contributed by atoms with E-state index in [4.69, 9.17) is 44.6 Å². The van der Waals surface area contributed by atoms with Crippen LogP contribution in [0.3, 0.4) is 0 Å². The number of aliphatic imine (C=N–C) groups is 1. The summed E-state index contributed by atoms with van der Waals surface area (Å²) >= 11 is 19.7. The number of nitrogens with zero attached hydrogens (tertiary/aromatic N) is 1. The normalized spacial score (nSPS) is 15.6. The number of halogens is 3. The molecule has 3 aromatic rings. The van der Waals surface area contributed by atoms with E-state index < -0.39 is 5.97 Å². The number of amidine groups is 1. The van der Waals surface area contributed by atoms with Crippen molar-refractivity contribution in [3.8, 4) is 5.75 Å². The second-order valence-electron chi connectivity index (χ2n) is 7.04. The topological polar surface area (TPSA) is 88.0 Å². The molecule has 34 heavy (non-hydrogen) atoms. The van der Waals surface area contributed by atoms with E-state index in [-0.39, 0.29) is 18.1 Å². The highest BCUT2D eigenvalue weighted by molar-refractivity contribution is 8.18. The van der Waals surface area contributed by atoms with Crippen molar-refractivity contribution in [3.05, 3.63) is 97.3 Å². The van der Waals surface area contributed by atoms with Gasteiger partial charge >= 0.3 is 5.97 Å². The lowest BCUT2D eigenvalue weighted by molar-refractivity contribution is -0.115. The van der Waals surface area contributed by atoms with Gasteiger partial charge in [0.25, 0.3) is 5.91 Å². The lowest BCUT2D eigenvalue weighted by Gasteiger charge is -2.09. The summed E-state index contributed by atoms with van der Waals surface area (Å²) in [5.74, 6) is -0.863. The SMILES string of the molecule is O=C1NC(=Nc2cccc(Cl)c2Cl)S/C1=C/c1ccc(OCc2cccc(C(=O)O)c2)c(Cl)c1. The third kappa shape index (κ3) is 5.74. The number of amides is 1. The Balaban J connectivity index is 1.46. The summed E-state index contributed by atoms with van der Waals surface area (Å²) in [7, 11) is 0. The molecule has 0 radical (unpaired) electrons. The molecular weight excluding hydrogens is 519 g/mol. The number of rotatable bonds is 6. The number of thioether (sulfide) groups is 1. The molecule has 0 unspecified atom stereocenters. The zero-order valence-corrected chi connectivity index (χ0v) is 20.3. The Labute approximate surface area is 214 Å². The Bertz CT molecular complexity index is 1360. The van der Waals surface area contributed by atoms with Gasteiger partial charge in [0, 0.05) is 0 Å². The molecular formula is C24H15Cl3N2O4S. The van der Waals surface area contributed by atoms with E-state index in [1.54, 1.807) is 60.7 Å². The van der Waals surface area contributed by atoms with Crippen molar-refractivity contribution in [1.82, 2.24) is 5.32 Å². The molecule has 1 aliphatic rings. The van der Waals surface area contributed by atoms with Crippen molar-refractivity contribution < 1.29 is 19.4 Å². The first-order valence-corrected chi connectivity index (χ1v) is 11.7. The van der Waals surface area contributed by atoms with Gasteiger partial charge in [0.05, 0.1) is 31.2 Å². The molecule has 10 heteroatoms. The Kier molecular flexibility index (Phi) is 7.48. The number of ether oxygens (including phenoxy) is 1. The molecule has 1 fully saturated rings. The van der Waals surface area contributed by atoms with Crippen LogP contribution in [0.15, 0.2) is 70.6 Å². The van der Waals surface area contributed by atoms with E-state index >= 15 is 0 Å². The van der Waals surface area contributed by atoms with Crippen LogP contribution in [0.1, 0.15) is 21.5 Å². The van der Waals surface area contributed by atoms with Gasteiger partial charge in [-0.2, -0.15) is 0 Å². The van der Waals surface area contributed by atoms with Crippen molar-refractivity contribution in [2.24, 2.45) is 4.99 Å². The van der Waals surface area contributed by atoms with Crippen molar-refractivity contribution in [2.75, 3.05) is 0 Å². The second kappa shape index (κ2) is 10.5. The summed E-state index contributed by atoms with van der Waals surface area (Å²) in [5.41, 5.74) is 2.04. The number of carboxylic acids is 1. The number of carboxylic acid groups (broad SMARTS) is 1. The number of carbonyl (C=O) groups is 2. The molecule has 1 amide bonds. The van der Waals surface area contributed by atoms with Gasteiger partial charge in [-0.3, -0.25) is 4.79 Å².